The normalized spacial score (nSPS) is 11.8. The second kappa shape index (κ2) is 7.43. The van der Waals surface area contributed by atoms with E-state index < -0.39 is 6.10 Å². The molecule has 2 aromatic rings. The molecule has 20 heavy (non-hydrogen) atoms. The van der Waals surface area contributed by atoms with Gasteiger partial charge < -0.3 is 15.7 Å². The molecule has 0 bridgehead atoms. The Morgan fingerprint density at radius 2 is 1.75 bits per heavy atom. The molecule has 0 aliphatic heterocycles. The zero-order valence-corrected chi connectivity index (χ0v) is 11.1. The predicted molar refractivity (Wildman–Crippen MR) is 79.2 cm³/mol. The fourth-order valence-electron chi connectivity index (χ4n) is 2.04. The van der Waals surface area contributed by atoms with E-state index in [1.807, 2.05) is 42.5 Å². The van der Waals surface area contributed by atoms with Crippen LogP contribution in [0.25, 0.3) is 0 Å². The van der Waals surface area contributed by atoms with Crippen LogP contribution in [0.2, 0.25) is 0 Å². The fourth-order valence-corrected chi connectivity index (χ4v) is 2.04. The lowest BCUT2D eigenvalue weighted by atomic mass is 10.1. The van der Waals surface area contributed by atoms with Gasteiger partial charge in [0.25, 0.3) is 0 Å². The highest BCUT2D eigenvalue weighted by molar-refractivity contribution is 5.73. The van der Waals surface area contributed by atoms with Gasteiger partial charge in [0.1, 0.15) is 0 Å². The largest absolute Gasteiger partial charge is 0.387 e. The van der Waals surface area contributed by atoms with Crippen LogP contribution in [0.3, 0.4) is 0 Å². The molecular formula is C16H18N2O2. The zero-order valence-electron chi connectivity index (χ0n) is 11.1. The summed E-state index contributed by atoms with van der Waals surface area (Å²) in [7, 11) is 0. The molecule has 1 amide bonds. The van der Waals surface area contributed by atoms with Crippen LogP contribution in [0.4, 0.5) is 5.69 Å². The molecule has 0 saturated carbocycles. The molecule has 0 aliphatic rings. The van der Waals surface area contributed by atoms with E-state index in [-0.39, 0.29) is 0 Å². The summed E-state index contributed by atoms with van der Waals surface area (Å²) in [5.74, 6) is 0. The van der Waals surface area contributed by atoms with Gasteiger partial charge in [-0.1, -0.05) is 48.5 Å². The van der Waals surface area contributed by atoms with Crippen LogP contribution in [0.1, 0.15) is 17.2 Å². The highest BCUT2D eigenvalue weighted by Gasteiger charge is 2.11. The van der Waals surface area contributed by atoms with E-state index >= 15 is 0 Å². The summed E-state index contributed by atoms with van der Waals surface area (Å²) >= 11 is 0. The van der Waals surface area contributed by atoms with Gasteiger partial charge in [0, 0.05) is 24.3 Å². The number of para-hydroxylation sites is 1. The first kappa shape index (κ1) is 14.2. The Morgan fingerprint density at radius 1 is 1.05 bits per heavy atom. The average Bonchev–Trinajstić information content (AvgIpc) is 2.49. The minimum atomic E-state index is -0.664. The van der Waals surface area contributed by atoms with Gasteiger partial charge in [0.2, 0.25) is 6.41 Å². The Hall–Kier alpha value is -2.17. The van der Waals surface area contributed by atoms with Crippen LogP contribution >= 0.6 is 0 Å². The maximum atomic E-state index is 10.5. The first-order chi connectivity index (χ1) is 9.81. The number of aliphatic hydroxyl groups excluding tert-OH is 1. The Balaban J connectivity index is 1.91. The second-order valence-corrected chi connectivity index (χ2v) is 4.48. The number of rotatable bonds is 7. The summed E-state index contributed by atoms with van der Waals surface area (Å²) in [6.45, 7) is 1.12. The summed E-state index contributed by atoms with van der Waals surface area (Å²) in [5.41, 5.74) is 2.51. The van der Waals surface area contributed by atoms with Crippen molar-refractivity contribution in [2.45, 2.75) is 12.6 Å². The van der Waals surface area contributed by atoms with E-state index in [1.165, 1.54) is 5.56 Å². The smallest absolute Gasteiger partial charge is 0.211 e. The molecule has 1 atom stereocenters. The standard InChI is InChI=1S/C16H18N2O2/c19-12-18-15-9-5-4-8-14(15)16(20)11-17-10-13-6-2-1-3-7-13/h1-9,12,16-17,20H,10-11H2,(H,18,19)/t16-/m0/s1. The topological polar surface area (TPSA) is 61.4 Å². The van der Waals surface area contributed by atoms with Gasteiger partial charge in [-0.25, -0.2) is 0 Å². The van der Waals surface area contributed by atoms with Crippen molar-refractivity contribution in [3.63, 3.8) is 0 Å². The van der Waals surface area contributed by atoms with Crippen LogP contribution in [0.5, 0.6) is 0 Å². The van der Waals surface area contributed by atoms with Crippen molar-refractivity contribution in [1.82, 2.24) is 5.32 Å². The zero-order chi connectivity index (χ0) is 14.2. The molecule has 0 radical (unpaired) electrons. The minimum Gasteiger partial charge on any atom is -0.387 e. The van der Waals surface area contributed by atoms with E-state index in [0.717, 1.165) is 0 Å². The Kier molecular flexibility index (Phi) is 5.29. The predicted octanol–water partition coefficient (Wildman–Crippen LogP) is 2.08. The monoisotopic (exact) mass is 270 g/mol. The van der Waals surface area contributed by atoms with Crippen LogP contribution < -0.4 is 10.6 Å². The molecule has 0 unspecified atom stereocenters. The summed E-state index contributed by atoms with van der Waals surface area (Å²) in [4.78, 5) is 10.5. The third-order valence-electron chi connectivity index (χ3n) is 3.04. The molecule has 104 valence electrons. The summed E-state index contributed by atoms with van der Waals surface area (Å²) in [5, 5.41) is 16.0. The van der Waals surface area contributed by atoms with E-state index in [0.29, 0.717) is 30.8 Å². The van der Waals surface area contributed by atoms with Crippen molar-refractivity contribution >= 4 is 12.1 Å². The lowest BCUT2D eigenvalue weighted by Crippen LogP contribution is -2.21. The molecule has 4 heteroatoms. The van der Waals surface area contributed by atoms with E-state index in [1.54, 1.807) is 12.1 Å². The van der Waals surface area contributed by atoms with Crippen LogP contribution in [-0.2, 0) is 11.3 Å². The van der Waals surface area contributed by atoms with Crippen molar-refractivity contribution < 1.29 is 9.90 Å². The van der Waals surface area contributed by atoms with Gasteiger partial charge in [0.15, 0.2) is 0 Å². The molecule has 0 saturated heterocycles. The maximum absolute atomic E-state index is 10.5. The fraction of sp³-hybridized carbons (Fsp3) is 0.188. The highest BCUT2D eigenvalue weighted by Crippen LogP contribution is 2.21. The maximum Gasteiger partial charge on any atom is 0.211 e. The summed E-state index contributed by atoms with van der Waals surface area (Å²) in [6, 6.07) is 17.2. The van der Waals surface area contributed by atoms with E-state index in [4.69, 9.17) is 0 Å². The van der Waals surface area contributed by atoms with Gasteiger partial charge in [-0.3, -0.25) is 4.79 Å². The third kappa shape index (κ3) is 3.91. The van der Waals surface area contributed by atoms with Crippen molar-refractivity contribution in [3.05, 3.63) is 65.7 Å². The third-order valence-corrected chi connectivity index (χ3v) is 3.04. The minimum absolute atomic E-state index is 0.423. The molecule has 0 aromatic heterocycles. The molecule has 0 fully saturated rings. The number of carbonyl (C=O) groups is 1. The molecule has 0 spiro atoms. The lowest BCUT2D eigenvalue weighted by molar-refractivity contribution is -0.105. The van der Waals surface area contributed by atoms with E-state index in [2.05, 4.69) is 10.6 Å². The van der Waals surface area contributed by atoms with Crippen LogP contribution in [-0.4, -0.2) is 18.1 Å². The number of nitrogens with one attached hydrogen (secondary N) is 2. The lowest BCUT2D eigenvalue weighted by Gasteiger charge is -2.15. The van der Waals surface area contributed by atoms with Crippen molar-refractivity contribution in [3.8, 4) is 0 Å². The van der Waals surface area contributed by atoms with Gasteiger partial charge in [-0.15, -0.1) is 0 Å². The molecule has 2 aromatic carbocycles. The van der Waals surface area contributed by atoms with Crippen LogP contribution in [0, 0.1) is 0 Å². The SMILES string of the molecule is O=CNc1ccccc1[C@@H](O)CNCc1ccccc1. The van der Waals surface area contributed by atoms with Crippen molar-refractivity contribution in [1.29, 1.82) is 0 Å². The van der Waals surface area contributed by atoms with Gasteiger partial charge in [-0.2, -0.15) is 0 Å². The second-order valence-electron chi connectivity index (χ2n) is 4.48. The number of amides is 1. The van der Waals surface area contributed by atoms with Gasteiger partial charge in [0.05, 0.1) is 6.10 Å². The summed E-state index contributed by atoms with van der Waals surface area (Å²) < 4.78 is 0. The number of benzene rings is 2. The number of hydrogen-bond acceptors (Lipinski definition) is 3. The van der Waals surface area contributed by atoms with E-state index in [9.17, 15) is 9.90 Å². The first-order valence-corrected chi connectivity index (χ1v) is 6.53. The number of aliphatic hydroxyl groups is 1. The number of anilines is 1. The number of carbonyl (C=O) groups excluding carboxylic acids is 1. The average molecular weight is 270 g/mol. The summed E-state index contributed by atoms with van der Waals surface area (Å²) in [6.07, 6.45) is -0.0504. The van der Waals surface area contributed by atoms with Gasteiger partial charge >= 0.3 is 0 Å². The van der Waals surface area contributed by atoms with Crippen LogP contribution in [0.15, 0.2) is 54.6 Å². The molecule has 3 N–H and O–H groups in total. The van der Waals surface area contributed by atoms with Gasteiger partial charge in [-0.05, 0) is 11.6 Å². The number of hydrogen-bond donors (Lipinski definition) is 3. The molecule has 2 rings (SSSR count). The quantitative estimate of drug-likeness (QED) is 0.675. The van der Waals surface area contributed by atoms with Crippen molar-refractivity contribution in [2.24, 2.45) is 0 Å². The first-order valence-electron chi connectivity index (χ1n) is 6.53. The Bertz CT molecular complexity index is 543. The molecular weight excluding hydrogens is 252 g/mol. The molecule has 4 nitrogen and oxygen atoms in total. The highest BCUT2D eigenvalue weighted by atomic mass is 16.3. The molecule has 0 aliphatic carbocycles. The molecule has 0 heterocycles. The van der Waals surface area contributed by atoms with Crippen molar-refractivity contribution in [2.75, 3.05) is 11.9 Å². The Labute approximate surface area is 118 Å². The Morgan fingerprint density at radius 3 is 2.50 bits per heavy atom.